The zero-order chi connectivity index (χ0) is 13.0. The van der Waals surface area contributed by atoms with Crippen molar-refractivity contribution in [2.24, 2.45) is 0 Å². The van der Waals surface area contributed by atoms with Crippen LogP contribution in [0.3, 0.4) is 0 Å². The third kappa shape index (κ3) is 3.43. The number of rotatable bonds is 4. The van der Waals surface area contributed by atoms with E-state index in [1.807, 2.05) is 18.2 Å². The first-order valence-electron chi connectivity index (χ1n) is 5.58. The quantitative estimate of drug-likeness (QED) is 0.797. The van der Waals surface area contributed by atoms with E-state index in [-0.39, 0.29) is 5.75 Å². The van der Waals surface area contributed by atoms with Gasteiger partial charge >= 0.3 is 0 Å². The van der Waals surface area contributed by atoms with Crippen molar-refractivity contribution >= 4 is 27.7 Å². The van der Waals surface area contributed by atoms with Crippen LogP contribution in [0.25, 0.3) is 0 Å². The van der Waals surface area contributed by atoms with Crippen molar-refractivity contribution in [3.8, 4) is 17.2 Å². The van der Waals surface area contributed by atoms with Gasteiger partial charge in [0.05, 0.1) is 4.47 Å². The van der Waals surface area contributed by atoms with Crippen LogP contribution in [0.4, 0.5) is 0 Å². The van der Waals surface area contributed by atoms with Gasteiger partial charge in [-0.3, -0.25) is 0 Å². The molecule has 2 aromatic rings. The smallest absolute Gasteiger partial charge is 0.141 e. The topological polar surface area (TPSA) is 29.5 Å². The largest absolute Gasteiger partial charge is 0.508 e. The van der Waals surface area contributed by atoms with Crippen LogP contribution in [-0.4, -0.2) is 10.9 Å². The van der Waals surface area contributed by atoms with Gasteiger partial charge in [0.15, 0.2) is 0 Å². The number of aromatic hydroxyl groups is 1. The lowest BCUT2D eigenvalue weighted by Crippen LogP contribution is -1.86. The highest BCUT2D eigenvalue weighted by Crippen LogP contribution is 2.33. The molecule has 94 valence electrons. The number of phenolic OH excluding ortho intramolecular Hbond substituents is 1. The van der Waals surface area contributed by atoms with E-state index in [0.717, 1.165) is 16.0 Å². The van der Waals surface area contributed by atoms with E-state index >= 15 is 0 Å². The van der Waals surface area contributed by atoms with Crippen LogP contribution in [0.5, 0.6) is 17.2 Å². The lowest BCUT2D eigenvalue weighted by Gasteiger charge is -2.09. The Morgan fingerprint density at radius 2 is 2.06 bits per heavy atom. The van der Waals surface area contributed by atoms with Gasteiger partial charge in [0.25, 0.3) is 0 Å². The Hall–Kier alpha value is -1.13. The Morgan fingerprint density at radius 1 is 1.22 bits per heavy atom. The molecule has 0 aromatic heterocycles. The molecule has 0 saturated carbocycles. The summed E-state index contributed by atoms with van der Waals surface area (Å²) in [6, 6.07) is 12.7. The predicted octanol–water partition coefficient (Wildman–Crippen LogP) is 5.06. The molecule has 2 nitrogen and oxygen atoms in total. The van der Waals surface area contributed by atoms with Gasteiger partial charge < -0.3 is 9.84 Å². The molecule has 0 aliphatic rings. The molecule has 2 rings (SSSR count). The fourth-order valence-corrected chi connectivity index (χ4v) is 2.80. The standard InChI is InChI=1S/C14H13BrO2S/c1-2-18-12-6-7-14(13(15)9-12)17-11-5-3-4-10(16)8-11/h3-9,16H,2H2,1H3. The van der Waals surface area contributed by atoms with Crippen LogP contribution >= 0.6 is 27.7 Å². The second-order valence-corrected chi connectivity index (χ2v) is 5.82. The molecule has 0 amide bonds. The van der Waals surface area contributed by atoms with Crippen molar-refractivity contribution in [1.29, 1.82) is 0 Å². The number of hydrogen-bond donors (Lipinski definition) is 1. The summed E-state index contributed by atoms with van der Waals surface area (Å²) in [4.78, 5) is 1.20. The SMILES string of the molecule is CCSc1ccc(Oc2cccc(O)c2)c(Br)c1. The van der Waals surface area contributed by atoms with Crippen LogP contribution < -0.4 is 4.74 Å². The van der Waals surface area contributed by atoms with Crippen LogP contribution in [0, 0.1) is 0 Å². The number of ether oxygens (including phenoxy) is 1. The molecule has 0 heterocycles. The highest BCUT2D eigenvalue weighted by Gasteiger charge is 2.04. The number of benzene rings is 2. The molecule has 4 heteroatoms. The molecule has 0 radical (unpaired) electrons. The summed E-state index contributed by atoms with van der Waals surface area (Å²) >= 11 is 5.27. The molecule has 18 heavy (non-hydrogen) atoms. The summed E-state index contributed by atoms with van der Waals surface area (Å²) in [5, 5.41) is 9.38. The van der Waals surface area contributed by atoms with E-state index in [1.54, 1.807) is 36.0 Å². The first-order valence-corrected chi connectivity index (χ1v) is 7.36. The average molecular weight is 325 g/mol. The molecule has 0 saturated heterocycles. The molecule has 1 N–H and O–H groups in total. The highest BCUT2D eigenvalue weighted by molar-refractivity contribution is 9.10. The molecule has 0 fully saturated rings. The Kier molecular flexibility index (Phi) is 4.55. The summed E-state index contributed by atoms with van der Waals surface area (Å²) in [6.45, 7) is 2.12. The van der Waals surface area contributed by atoms with Crippen molar-refractivity contribution in [3.05, 3.63) is 46.9 Å². The minimum atomic E-state index is 0.196. The zero-order valence-corrected chi connectivity index (χ0v) is 12.3. The molecular formula is C14H13BrO2S. The van der Waals surface area contributed by atoms with E-state index in [9.17, 15) is 5.11 Å². The van der Waals surface area contributed by atoms with Crippen molar-refractivity contribution < 1.29 is 9.84 Å². The van der Waals surface area contributed by atoms with Gasteiger partial charge in [-0.2, -0.15) is 0 Å². The van der Waals surface area contributed by atoms with Gasteiger partial charge in [-0.15, -0.1) is 11.8 Å². The lowest BCUT2D eigenvalue weighted by molar-refractivity contribution is 0.454. The number of hydrogen-bond acceptors (Lipinski definition) is 3. The fraction of sp³-hybridized carbons (Fsp3) is 0.143. The Balaban J connectivity index is 2.19. The fourth-order valence-electron chi connectivity index (χ4n) is 1.49. The van der Waals surface area contributed by atoms with Crippen molar-refractivity contribution in [1.82, 2.24) is 0 Å². The Morgan fingerprint density at radius 3 is 2.72 bits per heavy atom. The zero-order valence-electron chi connectivity index (χ0n) is 9.89. The minimum Gasteiger partial charge on any atom is -0.508 e. The maximum Gasteiger partial charge on any atom is 0.141 e. The maximum atomic E-state index is 9.38. The third-order valence-corrected chi connectivity index (χ3v) is 3.76. The van der Waals surface area contributed by atoms with Gasteiger partial charge in [-0.05, 0) is 52.0 Å². The summed E-state index contributed by atoms with van der Waals surface area (Å²) in [7, 11) is 0. The predicted molar refractivity (Wildman–Crippen MR) is 78.7 cm³/mol. The van der Waals surface area contributed by atoms with Crippen LogP contribution in [0.15, 0.2) is 51.8 Å². The van der Waals surface area contributed by atoms with Crippen molar-refractivity contribution in [3.63, 3.8) is 0 Å². The van der Waals surface area contributed by atoms with Gasteiger partial charge in [-0.1, -0.05) is 13.0 Å². The Bertz CT molecular complexity index is 543. The Labute approximate surface area is 119 Å². The molecule has 0 aliphatic carbocycles. The average Bonchev–Trinajstić information content (AvgIpc) is 2.33. The summed E-state index contributed by atoms with van der Waals surface area (Å²) in [5.74, 6) is 2.59. The molecule has 0 atom stereocenters. The second-order valence-electron chi connectivity index (χ2n) is 3.62. The van der Waals surface area contributed by atoms with Crippen LogP contribution in [0.1, 0.15) is 6.92 Å². The van der Waals surface area contributed by atoms with Gasteiger partial charge in [0.2, 0.25) is 0 Å². The normalized spacial score (nSPS) is 10.3. The molecular weight excluding hydrogens is 312 g/mol. The summed E-state index contributed by atoms with van der Waals surface area (Å²) < 4.78 is 6.61. The maximum absolute atomic E-state index is 9.38. The molecule has 0 aliphatic heterocycles. The monoisotopic (exact) mass is 324 g/mol. The van der Waals surface area contributed by atoms with E-state index in [1.165, 1.54) is 4.90 Å². The number of thioether (sulfide) groups is 1. The van der Waals surface area contributed by atoms with E-state index in [2.05, 4.69) is 22.9 Å². The summed E-state index contributed by atoms with van der Waals surface area (Å²) in [5.41, 5.74) is 0. The highest BCUT2D eigenvalue weighted by atomic mass is 79.9. The lowest BCUT2D eigenvalue weighted by atomic mass is 10.3. The van der Waals surface area contributed by atoms with Crippen molar-refractivity contribution in [2.45, 2.75) is 11.8 Å². The van der Waals surface area contributed by atoms with E-state index in [4.69, 9.17) is 4.74 Å². The van der Waals surface area contributed by atoms with Crippen molar-refractivity contribution in [2.75, 3.05) is 5.75 Å². The first kappa shape index (κ1) is 13.3. The van der Waals surface area contributed by atoms with Gasteiger partial charge in [0.1, 0.15) is 17.2 Å². The third-order valence-electron chi connectivity index (χ3n) is 2.26. The number of phenols is 1. The summed E-state index contributed by atoms with van der Waals surface area (Å²) in [6.07, 6.45) is 0. The number of halogens is 1. The van der Waals surface area contributed by atoms with E-state index < -0.39 is 0 Å². The van der Waals surface area contributed by atoms with Gasteiger partial charge in [-0.25, -0.2) is 0 Å². The second kappa shape index (κ2) is 6.16. The van der Waals surface area contributed by atoms with Crippen LogP contribution in [-0.2, 0) is 0 Å². The van der Waals surface area contributed by atoms with E-state index in [0.29, 0.717) is 5.75 Å². The molecule has 0 unspecified atom stereocenters. The first-order chi connectivity index (χ1) is 8.69. The molecule has 0 spiro atoms. The minimum absolute atomic E-state index is 0.196. The van der Waals surface area contributed by atoms with Crippen LogP contribution in [0.2, 0.25) is 0 Å². The molecule has 0 bridgehead atoms. The molecule has 2 aromatic carbocycles. The van der Waals surface area contributed by atoms with Gasteiger partial charge in [0, 0.05) is 11.0 Å².